The highest BCUT2D eigenvalue weighted by Gasteiger charge is 2.31. The zero-order chi connectivity index (χ0) is 15.2. The molecule has 1 N–H and O–H groups in total. The summed E-state index contributed by atoms with van der Waals surface area (Å²) in [6.45, 7) is -1.51. The monoisotopic (exact) mass is 290 g/mol. The van der Waals surface area contributed by atoms with Gasteiger partial charge in [-0.25, -0.2) is 0 Å². The predicted octanol–water partition coefficient (Wildman–Crippen LogP) is 1.51. The van der Waals surface area contributed by atoms with Gasteiger partial charge >= 0.3 is 6.18 Å². The molecule has 0 aliphatic carbocycles. The molecular weight excluding hydrogens is 273 g/mol. The average Bonchev–Trinajstić information content (AvgIpc) is 2.37. The van der Waals surface area contributed by atoms with Gasteiger partial charge in [-0.15, -0.1) is 0 Å². The molecule has 0 aromatic heterocycles. The second kappa shape index (κ2) is 7.14. The van der Waals surface area contributed by atoms with Crippen LogP contribution in [-0.4, -0.2) is 55.4 Å². The fourth-order valence-electron chi connectivity index (χ4n) is 1.70. The van der Waals surface area contributed by atoms with Crippen molar-refractivity contribution in [2.75, 3.05) is 38.2 Å². The number of hydrogen-bond donors (Lipinski definition) is 1. The summed E-state index contributed by atoms with van der Waals surface area (Å²) in [5.41, 5.74) is 0.676. The minimum Gasteiger partial charge on any atom is -0.395 e. The number of aliphatic hydroxyl groups excluding tert-OH is 1. The Kier molecular flexibility index (Phi) is 5.82. The van der Waals surface area contributed by atoms with Crippen LogP contribution in [0, 0.1) is 0 Å². The molecule has 0 fully saturated rings. The zero-order valence-electron chi connectivity index (χ0n) is 11.1. The fourth-order valence-corrected chi connectivity index (χ4v) is 1.70. The van der Waals surface area contributed by atoms with Crippen LogP contribution >= 0.6 is 0 Å². The van der Waals surface area contributed by atoms with Crippen LogP contribution in [0.15, 0.2) is 30.3 Å². The summed E-state index contributed by atoms with van der Waals surface area (Å²) in [4.78, 5) is 14.0. The van der Waals surface area contributed by atoms with Crippen LogP contribution in [0.2, 0.25) is 0 Å². The summed E-state index contributed by atoms with van der Waals surface area (Å²) >= 11 is 0. The Labute approximate surface area is 115 Å². The molecule has 1 aromatic rings. The van der Waals surface area contributed by atoms with Crippen molar-refractivity contribution in [3.05, 3.63) is 30.3 Å². The fraction of sp³-hybridized carbons (Fsp3) is 0.462. The van der Waals surface area contributed by atoms with Gasteiger partial charge in [0.25, 0.3) is 0 Å². The van der Waals surface area contributed by atoms with Gasteiger partial charge in [0.15, 0.2) is 0 Å². The van der Waals surface area contributed by atoms with E-state index in [2.05, 4.69) is 0 Å². The van der Waals surface area contributed by atoms with E-state index >= 15 is 0 Å². The lowest BCUT2D eigenvalue weighted by atomic mass is 10.3. The lowest BCUT2D eigenvalue weighted by Crippen LogP contribution is -2.43. The number of hydrogen-bond acceptors (Lipinski definition) is 3. The Morgan fingerprint density at radius 3 is 2.35 bits per heavy atom. The Balaban J connectivity index is 2.69. The summed E-state index contributed by atoms with van der Waals surface area (Å²) in [7, 11) is 1.11. The van der Waals surface area contributed by atoms with Crippen molar-refractivity contribution < 1.29 is 23.1 Å². The quantitative estimate of drug-likeness (QED) is 0.863. The first-order chi connectivity index (χ1) is 9.33. The zero-order valence-corrected chi connectivity index (χ0v) is 11.1. The molecular formula is C13H17F3N2O2. The van der Waals surface area contributed by atoms with E-state index in [1.165, 1.54) is 4.90 Å². The van der Waals surface area contributed by atoms with E-state index in [4.69, 9.17) is 5.11 Å². The van der Waals surface area contributed by atoms with Crippen molar-refractivity contribution in [1.82, 2.24) is 4.90 Å². The Morgan fingerprint density at radius 2 is 1.85 bits per heavy atom. The molecule has 0 atom stereocenters. The lowest BCUT2D eigenvalue weighted by molar-refractivity contribution is -0.157. The number of rotatable bonds is 6. The normalized spacial score (nSPS) is 11.2. The number of halogens is 3. The molecule has 0 radical (unpaired) electrons. The first-order valence-electron chi connectivity index (χ1n) is 6.05. The lowest BCUT2D eigenvalue weighted by Gasteiger charge is -2.26. The van der Waals surface area contributed by atoms with Crippen LogP contribution in [0.3, 0.4) is 0 Å². The molecule has 0 bridgehead atoms. The largest absolute Gasteiger partial charge is 0.406 e. The van der Waals surface area contributed by atoms with Gasteiger partial charge in [-0.1, -0.05) is 18.2 Å². The van der Waals surface area contributed by atoms with Crippen molar-refractivity contribution >= 4 is 11.6 Å². The third-order valence-corrected chi connectivity index (χ3v) is 2.66. The number of anilines is 1. The third kappa shape index (κ3) is 5.48. The summed E-state index contributed by atoms with van der Waals surface area (Å²) < 4.78 is 36.7. The summed E-state index contributed by atoms with van der Waals surface area (Å²) in [6.07, 6.45) is -4.42. The van der Waals surface area contributed by atoms with Gasteiger partial charge in [-0.05, 0) is 12.1 Å². The molecule has 1 amide bonds. The Bertz CT molecular complexity index is 423. The number of benzene rings is 1. The molecule has 0 saturated carbocycles. The van der Waals surface area contributed by atoms with E-state index < -0.39 is 18.6 Å². The van der Waals surface area contributed by atoms with Crippen LogP contribution in [0.25, 0.3) is 0 Å². The topological polar surface area (TPSA) is 43.8 Å². The van der Waals surface area contributed by atoms with Gasteiger partial charge in [0.2, 0.25) is 5.91 Å². The van der Waals surface area contributed by atoms with Crippen molar-refractivity contribution in [2.24, 2.45) is 0 Å². The van der Waals surface area contributed by atoms with Gasteiger partial charge in [-0.3, -0.25) is 4.79 Å². The van der Waals surface area contributed by atoms with Crippen molar-refractivity contribution in [2.45, 2.75) is 6.18 Å². The van der Waals surface area contributed by atoms with Crippen molar-refractivity contribution in [1.29, 1.82) is 0 Å². The van der Waals surface area contributed by atoms with E-state index in [9.17, 15) is 18.0 Å². The van der Waals surface area contributed by atoms with Crippen LogP contribution in [0.1, 0.15) is 0 Å². The van der Waals surface area contributed by atoms with Crippen molar-refractivity contribution in [3.63, 3.8) is 0 Å². The van der Waals surface area contributed by atoms with Crippen LogP contribution in [-0.2, 0) is 4.79 Å². The first kappa shape index (κ1) is 16.3. The number of amides is 1. The smallest absolute Gasteiger partial charge is 0.395 e. The summed E-state index contributed by atoms with van der Waals surface area (Å²) in [6, 6.07) is 8.75. The molecule has 112 valence electrons. The van der Waals surface area contributed by atoms with Gasteiger partial charge in [-0.2, -0.15) is 13.2 Å². The number of carbonyl (C=O) groups excluding carboxylic acids is 1. The molecule has 1 rings (SSSR count). The molecule has 0 aliphatic rings. The van der Waals surface area contributed by atoms with Crippen molar-refractivity contribution in [3.8, 4) is 0 Å². The SMILES string of the molecule is CN(CC(F)(F)F)C(=O)CN(CCO)c1ccccc1. The standard InChI is InChI=1S/C13H17F3N2O2/c1-17(10-13(14,15)16)12(20)9-18(7-8-19)11-5-3-2-4-6-11/h2-6,19H,7-10H2,1H3. The number of para-hydroxylation sites is 1. The highest BCUT2D eigenvalue weighted by atomic mass is 19.4. The van der Waals surface area contributed by atoms with Gasteiger partial charge in [0.05, 0.1) is 13.2 Å². The minimum absolute atomic E-state index is 0.176. The number of alkyl halides is 3. The number of nitrogens with zero attached hydrogens (tertiary/aromatic N) is 2. The average molecular weight is 290 g/mol. The summed E-state index contributed by atoms with van der Waals surface area (Å²) in [5.74, 6) is -0.653. The highest BCUT2D eigenvalue weighted by molar-refractivity contribution is 5.81. The molecule has 4 nitrogen and oxygen atoms in total. The number of aliphatic hydroxyl groups is 1. The molecule has 0 heterocycles. The van der Waals surface area contributed by atoms with Crippen LogP contribution in [0.4, 0.5) is 18.9 Å². The third-order valence-electron chi connectivity index (χ3n) is 2.66. The second-order valence-corrected chi connectivity index (χ2v) is 4.35. The van der Waals surface area contributed by atoms with Gasteiger partial charge < -0.3 is 14.9 Å². The first-order valence-corrected chi connectivity index (χ1v) is 6.05. The predicted molar refractivity (Wildman–Crippen MR) is 69.4 cm³/mol. The highest BCUT2D eigenvalue weighted by Crippen LogP contribution is 2.17. The number of likely N-dealkylation sites (N-methyl/N-ethyl adjacent to an activating group) is 1. The number of carbonyl (C=O) groups is 1. The Morgan fingerprint density at radius 1 is 1.25 bits per heavy atom. The van der Waals surface area contributed by atoms with Crippen LogP contribution in [0.5, 0.6) is 0 Å². The Hall–Kier alpha value is -1.76. The second-order valence-electron chi connectivity index (χ2n) is 4.35. The van der Waals surface area contributed by atoms with Crippen LogP contribution < -0.4 is 4.90 Å². The van der Waals surface area contributed by atoms with E-state index in [0.717, 1.165) is 7.05 Å². The van der Waals surface area contributed by atoms with E-state index in [0.29, 0.717) is 10.6 Å². The molecule has 1 aromatic carbocycles. The van der Waals surface area contributed by atoms with E-state index in [1.807, 2.05) is 0 Å². The maximum Gasteiger partial charge on any atom is 0.406 e. The molecule has 0 aliphatic heterocycles. The summed E-state index contributed by atoms with van der Waals surface area (Å²) in [5, 5.41) is 8.99. The van der Waals surface area contributed by atoms with E-state index in [1.54, 1.807) is 30.3 Å². The van der Waals surface area contributed by atoms with E-state index in [-0.39, 0.29) is 19.7 Å². The maximum absolute atomic E-state index is 12.2. The molecule has 0 unspecified atom stereocenters. The van der Waals surface area contributed by atoms with Gasteiger partial charge in [0.1, 0.15) is 6.54 Å². The molecule has 0 spiro atoms. The van der Waals surface area contributed by atoms with Gasteiger partial charge in [0, 0.05) is 19.3 Å². The molecule has 0 saturated heterocycles. The maximum atomic E-state index is 12.2. The molecule has 7 heteroatoms. The minimum atomic E-state index is -4.42. The molecule has 20 heavy (non-hydrogen) atoms.